The summed E-state index contributed by atoms with van der Waals surface area (Å²) in [5.41, 5.74) is 1.52. The van der Waals surface area contributed by atoms with Gasteiger partial charge in [0.05, 0.1) is 17.4 Å². The molecule has 6 nitrogen and oxygen atoms in total. The molecule has 1 atom stereocenters. The van der Waals surface area contributed by atoms with Crippen molar-refractivity contribution in [1.82, 2.24) is 14.9 Å². The number of hydrogen-bond acceptors (Lipinski definition) is 5. The molecular weight excluding hydrogens is 300 g/mol. The van der Waals surface area contributed by atoms with Crippen LogP contribution in [0.5, 0.6) is 0 Å². The van der Waals surface area contributed by atoms with Crippen LogP contribution in [-0.4, -0.2) is 36.9 Å². The number of nitrogens with zero attached hydrogens (tertiary/aromatic N) is 4. The van der Waals surface area contributed by atoms with Gasteiger partial charge < -0.3 is 5.11 Å². The number of carboxylic acid groups (broad SMARTS) is 1. The lowest BCUT2D eigenvalue weighted by Crippen LogP contribution is -2.26. The summed E-state index contributed by atoms with van der Waals surface area (Å²) in [7, 11) is 0. The fourth-order valence-electron chi connectivity index (χ4n) is 1.89. The van der Waals surface area contributed by atoms with Gasteiger partial charge in [-0.25, -0.2) is 0 Å². The summed E-state index contributed by atoms with van der Waals surface area (Å²) in [6.45, 7) is 0. The van der Waals surface area contributed by atoms with E-state index in [-0.39, 0.29) is 11.7 Å². The van der Waals surface area contributed by atoms with E-state index in [0.29, 0.717) is 15.9 Å². The van der Waals surface area contributed by atoms with Crippen LogP contribution in [0.4, 0.5) is 0 Å². The molecular formula is C12H9ClN4O2S. The number of benzene rings is 1. The molecule has 20 heavy (non-hydrogen) atoms. The summed E-state index contributed by atoms with van der Waals surface area (Å²) in [4.78, 5) is 11.0. The van der Waals surface area contributed by atoms with Gasteiger partial charge in [-0.1, -0.05) is 35.5 Å². The molecule has 0 saturated heterocycles. The van der Waals surface area contributed by atoms with E-state index in [9.17, 15) is 4.79 Å². The van der Waals surface area contributed by atoms with Crippen LogP contribution in [0.2, 0.25) is 5.02 Å². The molecule has 1 aliphatic heterocycles. The number of carbonyl (C=O) groups is 1. The molecule has 0 bridgehead atoms. The van der Waals surface area contributed by atoms with Gasteiger partial charge in [0.25, 0.3) is 0 Å². The second-order valence-corrected chi connectivity index (χ2v) is 5.76. The number of aromatic nitrogens is 3. The molecule has 0 radical (unpaired) electrons. The van der Waals surface area contributed by atoms with Gasteiger partial charge in [0.2, 0.25) is 5.16 Å². The lowest BCUT2D eigenvalue weighted by Gasteiger charge is -2.21. The minimum absolute atomic E-state index is 0.0288. The van der Waals surface area contributed by atoms with Crippen molar-refractivity contribution in [1.29, 1.82) is 0 Å². The fourth-order valence-corrected chi connectivity index (χ4v) is 3.08. The highest BCUT2D eigenvalue weighted by atomic mass is 35.5. The second-order valence-electron chi connectivity index (χ2n) is 4.15. The number of fused-ring (bicyclic) bond motifs is 1. The Balaban J connectivity index is 2.03. The van der Waals surface area contributed by atoms with Gasteiger partial charge in [0.15, 0.2) is 0 Å². The molecule has 8 heteroatoms. The average Bonchev–Trinajstić information content (AvgIpc) is 2.85. The minimum Gasteiger partial charge on any atom is -0.481 e. The number of carboxylic acids is 1. The summed E-state index contributed by atoms with van der Waals surface area (Å²) in [6.07, 6.45) is 1.47. The first kappa shape index (κ1) is 13.1. The van der Waals surface area contributed by atoms with E-state index in [2.05, 4.69) is 15.3 Å². The van der Waals surface area contributed by atoms with Gasteiger partial charge in [-0.05, 0) is 17.7 Å². The molecule has 1 N–H and O–H groups in total. The van der Waals surface area contributed by atoms with Crippen molar-refractivity contribution in [2.45, 2.75) is 16.8 Å². The van der Waals surface area contributed by atoms with Crippen LogP contribution in [0.15, 0.2) is 40.9 Å². The van der Waals surface area contributed by atoms with E-state index in [1.807, 2.05) is 12.1 Å². The normalized spacial score (nSPS) is 17.4. The van der Waals surface area contributed by atoms with Gasteiger partial charge in [-0.3, -0.25) is 4.79 Å². The zero-order chi connectivity index (χ0) is 14.1. The van der Waals surface area contributed by atoms with Gasteiger partial charge in [0.1, 0.15) is 6.33 Å². The average molecular weight is 309 g/mol. The molecule has 0 spiro atoms. The molecule has 1 aliphatic rings. The number of aliphatic carboxylic acids is 1. The third kappa shape index (κ3) is 2.54. The Morgan fingerprint density at radius 2 is 2.15 bits per heavy atom. The Morgan fingerprint density at radius 3 is 2.85 bits per heavy atom. The van der Waals surface area contributed by atoms with Gasteiger partial charge in [0, 0.05) is 5.02 Å². The fraction of sp³-hybridized carbons (Fsp3) is 0.167. The van der Waals surface area contributed by atoms with E-state index in [0.717, 1.165) is 5.56 Å². The second kappa shape index (κ2) is 5.26. The summed E-state index contributed by atoms with van der Waals surface area (Å²) in [5, 5.41) is 22.1. The minimum atomic E-state index is -0.878. The molecule has 0 fully saturated rings. The number of hydrogen-bond donors (Lipinski definition) is 1. The van der Waals surface area contributed by atoms with Gasteiger partial charge >= 0.3 is 5.97 Å². The number of thioether (sulfide) groups is 1. The van der Waals surface area contributed by atoms with Crippen LogP contribution in [-0.2, 0) is 4.79 Å². The van der Waals surface area contributed by atoms with E-state index in [1.54, 1.807) is 16.8 Å². The summed E-state index contributed by atoms with van der Waals surface area (Å²) >= 11 is 7.21. The van der Waals surface area contributed by atoms with E-state index >= 15 is 0 Å². The molecule has 3 rings (SSSR count). The maximum Gasteiger partial charge on any atom is 0.304 e. The van der Waals surface area contributed by atoms with Crippen molar-refractivity contribution in [3.63, 3.8) is 0 Å². The zero-order valence-corrected chi connectivity index (χ0v) is 11.7. The molecule has 2 aromatic rings. The Bertz CT molecular complexity index is 683. The van der Waals surface area contributed by atoms with Crippen LogP contribution in [0.3, 0.4) is 0 Å². The third-order valence-electron chi connectivity index (χ3n) is 2.77. The highest BCUT2D eigenvalue weighted by molar-refractivity contribution is 8.00. The predicted octanol–water partition coefficient (Wildman–Crippen LogP) is 2.13. The Hall–Kier alpha value is -1.86. The van der Waals surface area contributed by atoms with Crippen molar-refractivity contribution in [2.75, 3.05) is 0 Å². The lowest BCUT2D eigenvalue weighted by atomic mass is 10.1. The Morgan fingerprint density at radius 1 is 1.40 bits per heavy atom. The molecule has 2 heterocycles. The molecule has 0 amide bonds. The Labute approximate surface area is 123 Å². The smallest absolute Gasteiger partial charge is 0.304 e. The monoisotopic (exact) mass is 308 g/mol. The summed E-state index contributed by atoms with van der Waals surface area (Å²) in [6, 6.07) is 7.16. The van der Waals surface area contributed by atoms with E-state index in [1.165, 1.54) is 18.1 Å². The van der Waals surface area contributed by atoms with Crippen molar-refractivity contribution in [2.24, 2.45) is 5.10 Å². The van der Waals surface area contributed by atoms with Crippen molar-refractivity contribution >= 4 is 35.0 Å². The lowest BCUT2D eigenvalue weighted by molar-refractivity contribution is -0.136. The van der Waals surface area contributed by atoms with Crippen molar-refractivity contribution < 1.29 is 9.90 Å². The number of halogens is 1. The SMILES string of the molecule is O=C(O)C[C@@H]1Sc2nncn2N=C1c1ccc(Cl)cc1. The van der Waals surface area contributed by atoms with Crippen LogP contribution in [0, 0.1) is 0 Å². The van der Waals surface area contributed by atoms with Crippen molar-refractivity contribution in [3.05, 3.63) is 41.2 Å². The van der Waals surface area contributed by atoms with Crippen LogP contribution < -0.4 is 0 Å². The first-order valence-corrected chi connectivity index (χ1v) is 7.02. The third-order valence-corrected chi connectivity index (χ3v) is 4.17. The number of rotatable bonds is 3. The maximum atomic E-state index is 11.0. The molecule has 0 saturated carbocycles. The standard InChI is InChI=1S/C12H9ClN4O2S/c13-8-3-1-7(2-4-8)11-9(5-10(18)19)20-12-15-14-6-17(12)16-11/h1-4,6,9H,5H2,(H,18,19)/t9-/m0/s1. The van der Waals surface area contributed by atoms with Crippen LogP contribution in [0.1, 0.15) is 12.0 Å². The predicted molar refractivity (Wildman–Crippen MR) is 75.3 cm³/mol. The van der Waals surface area contributed by atoms with Crippen LogP contribution >= 0.6 is 23.4 Å². The largest absolute Gasteiger partial charge is 0.481 e. The van der Waals surface area contributed by atoms with Gasteiger partial charge in [-0.15, -0.1) is 10.2 Å². The highest BCUT2D eigenvalue weighted by Crippen LogP contribution is 2.31. The van der Waals surface area contributed by atoms with E-state index < -0.39 is 5.97 Å². The molecule has 0 unspecified atom stereocenters. The first-order valence-electron chi connectivity index (χ1n) is 5.77. The summed E-state index contributed by atoms with van der Waals surface area (Å²) < 4.78 is 1.55. The summed E-state index contributed by atoms with van der Waals surface area (Å²) in [5.74, 6) is -0.878. The van der Waals surface area contributed by atoms with Crippen molar-refractivity contribution in [3.8, 4) is 0 Å². The van der Waals surface area contributed by atoms with Gasteiger partial charge in [-0.2, -0.15) is 9.78 Å². The van der Waals surface area contributed by atoms with Crippen LogP contribution in [0.25, 0.3) is 0 Å². The molecule has 0 aliphatic carbocycles. The van der Waals surface area contributed by atoms with E-state index in [4.69, 9.17) is 16.7 Å². The maximum absolute atomic E-state index is 11.0. The molecule has 1 aromatic carbocycles. The quantitative estimate of drug-likeness (QED) is 0.939. The molecule has 102 valence electrons. The Kier molecular flexibility index (Phi) is 3.45. The topological polar surface area (TPSA) is 80.4 Å². The first-order chi connectivity index (χ1) is 9.63. The zero-order valence-electron chi connectivity index (χ0n) is 10.1. The molecule has 1 aromatic heterocycles. The highest BCUT2D eigenvalue weighted by Gasteiger charge is 2.28.